The van der Waals surface area contributed by atoms with E-state index in [0.29, 0.717) is 0 Å². The molecule has 1 aliphatic carbocycles. The molecular weight excluding hydrogens is 249 g/mol. The summed E-state index contributed by atoms with van der Waals surface area (Å²) in [7, 11) is 0. The van der Waals surface area contributed by atoms with Gasteiger partial charge in [0.25, 0.3) is 0 Å². The second-order valence-electron chi connectivity index (χ2n) is 3.41. The van der Waals surface area contributed by atoms with Crippen molar-refractivity contribution in [1.29, 1.82) is 0 Å². The summed E-state index contributed by atoms with van der Waals surface area (Å²) in [4.78, 5) is 22.8. The normalized spacial score (nSPS) is 13.3. The number of ketones is 2. The van der Waals surface area contributed by atoms with Crippen LogP contribution in [0.15, 0.2) is 42.4 Å². The van der Waals surface area contributed by atoms with Gasteiger partial charge in [0, 0.05) is 11.1 Å². The van der Waals surface area contributed by atoms with Crippen molar-refractivity contribution in [1.82, 2.24) is 0 Å². The SMILES string of the molecule is O=C1C=CC(=O)c2cc(OC(F)=C(F)F)ccc21. The van der Waals surface area contributed by atoms with E-state index in [9.17, 15) is 22.8 Å². The van der Waals surface area contributed by atoms with Crippen LogP contribution in [0.5, 0.6) is 5.75 Å². The largest absolute Gasteiger partial charge is 0.428 e. The Kier molecular flexibility index (Phi) is 3.01. The molecule has 0 fully saturated rings. The lowest BCUT2D eigenvalue weighted by Crippen LogP contribution is -2.11. The number of carbonyl (C=O) groups is 2. The molecule has 0 amide bonds. The van der Waals surface area contributed by atoms with Gasteiger partial charge in [0.15, 0.2) is 11.6 Å². The zero-order valence-electron chi connectivity index (χ0n) is 8.75. The second-order valence-corrected chi connectivity index (χ2v) is 3.41. The smallest absolute Gasteiger partial charge is 0.344 e. The van der Waals surface area contributed by atoms with Crippen molar-refractivity contribution in [3.8, 4) is 5.75 Å². The van der Waals surface area contributed by atoms with E-state index in [2.05, 4.69) is 4.74 Å². The molecule has 1 aliphatic rings. The first-order chi connectivity index (χ1) is 8.49. The maximum Gasteiger partial charge on any atom is 0.344 e. The van der Waals surface area contributed by atoms with Gasteiger partial charge in [-0.25, -0.2) is 0 Å². The van der Waals surface area contributed by atoms with Gasteiger partial charge in [-0.3, -0.25) is 9.59 Å². The Morgan fingerprint density at radius 1 is 0.944 bits per heavy atom. The number of rotatable bonds is 2. The van der Waals surface area contributed by atoms with Crippen LogP contribution in [0.4, 0.5) is 13.2 Å². The van der Waals surface area contributed by atoms with E-state index in [1.54, 1.807) is 0 Å². The molecule has 0 saturated heterocycles. The van der Waals surface area contributed by atoms with E-state index in [-0.39, 0.29) is 22.7 Å². The molecule has 0 saturated carbocycles. The standard InChI is InChI=1S/C12H5F3O3/c13-11(14)12(15)18-6-1-2-7-8(5-6)10(17)4-3-9(7)16/h1-5H. The van der Waals surface area contributed by atoms with Crippen LogP contribution >= 0.6 is 0 Å². The van der Waals surface area contributed by atoms with Gasteiger partial charge in [-0.15, -0.1) is 0 Å². The summed E-state index contributed by atoms with van der Waals surface area (Å²) < 4.78 is 40.4. The molecule has 0 spiro atoms. The van der Waals surface area contributed by atoms with Gasteiger partial charge < -0.3 is 4.74 Å². The number of ether oxygens (including phenoxy) is 1. The lowest BCUT2D eigenvalue weighted by atomic mass is 9.95. The zero-order chi connectivity index (χ0) is 13.3. The van der Waals surface area contributed by atoms with E-state index in [0.717, 1.165) is 24.3 Å². The number of hydrogen-bond acceptors (Lipinski definition) is 3. The average Bonchev–Trinajstić information content (AvgIpc) is 2.34. The van der Waals surface area contributed by atoms with Crippen LogP contribution in [0, 0.1) is 0 Å². The topological polar surface area (TPSA) is 43.4 Å². The van der Waals surface area contributed by atoms with E-state index < -0.39 is 17.9 Å². The molecule has 18 heavy (non-hydrogen) atoms. The number of fused-ring (bicyclic) bond motifs is 1. The fourth-order valence-corrected chi connectivity index (χ4v) is 1.48. The maximum absolute atomic E-state index is 12.6. The molecule has 3 nitrogen and oxygen atoms in total. The minimum atomic E-state index is -2.60. The first-order valence-electron chi connectivity index (χ1n) is 4.78. The Hall–Kier alpha value is -2.37. The highest BCUT2D eigenvalue weighted by Gasteiger charge is 2.20. The average molecular weight is 254 g/mol. The van der Waals surface area contributed by atoms with Gasteiger partial charge in [0.2, 0.25) is 0 Å². The second kappa shape index (κ2) is 4.48. The molecule has 0 N–H and O–H groups in total. The lowest BCUT2D eigenvalue weighted by Gasteiger charge is -2.10. The predicted molar refractivity (Wildman–Crippen MR) is 55.2 cm³/mol. The Morgan fingerprint density at radius 2 is 1.56 bits per heavy atom. The minimum absolute atomic E-state index is 0.00735. The maximum atomic E-state index is 12.6. The summed E-state index contributed by atoms with van der Waals surface area (Å²) in [6, 6.07) is 1.35. The van der Waals surface area contributed by atoms with Crippen molar-refractivity contribution in [2.75, 3.05) is 0 Å². The monoisotopic (exact) mass is 254 g/mol. The molecular formula is C12H5F3O3. The van der Waals surface area contributed by atoms with Crippen molar-refractivity contribution in [3.63, 3.8) is 0 Å². The van der Waals surface area contributed by atoms with Crippen LogP contribution in [-0.4, -0.2) is 11.6 Å². The summed E-state index contributed by atoms with van der Waals surface area (Å²) >= 11 is 0. The summed E-state index contributed by atoms with van der Waals surface area (Å²) in [5.74, 6) is -1.14. The Balaban J connectivity index is 2.40. The number of allylic oxidation sites excluding steroid dienone is 2. The van der Waals surface area contributed by atoms with Gasteiger partial charge in [-0.1, -0.05) is 0 Å². The molecule has 1 aromatic carbocycles. The van der Waals surface area contributed by atoms with Crippen molar-refractivity contribution in [2.45, 2.75) is 0 Å². The highest BCUT2D eigenvalue weighted by molar-refractivity contribution is 6.22. The van der Waals surface area contributed by atoms with E-state index >= 15 is 0 Å². The molecule has 0 aromatic heterocycles. The van der Waals surface area contributed by atoms with Crippen molar-refractivity contribution >= 4 is 11.6 Å². The molecule has 2 rings (SSSR count). The van der Waals surface area contributed by atoms with Crippen LogP contribution in [-0.2, 0) is 0 Å². The first-order valence-corrected chi connectivity index (χ1v) is 4.78. The van der Waals surface area contributed by atoms with Gasteiger partial charge in [-0.05, 0) is 30.4 Å². The molecule has 0 aliphatic heterocycles. The van der Waals surface area contributed by atoms with E-state index in [4.69, 9.17) is 0 Å². The van der Waals surface area contributed by atoms with Gasteiger partial charge >= 0.3 is 12.1 Å². The fraction of sp³-hybridized carbons (Fsp3) is 0. The van der Waals surface area contributed by atoms with Gasteiger partial charge in [-0.2, -0.15) is 13.2 Å². The highest BCUT2D eigenvalue weighted by Crippen LogP contribution is 2.25. The van der Waals surface area contributed by atoms with Crippen LogP contribution in [0.3, 0.4) is 0 Å². The fourth-order valence-electron chi connectivity index (χ4n) is 1.48. The van der Waals surface area contributed by atoms with Crippen LogP contribution < -0.4 is 4.74 Å². The molecule has 0 atom stereocenters. The zero-order valence-corrected chi connectivity index (χ0v) is 8.75. The Bertz CT molecular complexity index is 599. The van der Waals surface area contributed by atoms with Crippen LogP contribution in [0.25, 0.3) is 0 Å². The third kappa shape index (κ3) is 2.17. The molecule has 0 heterocycles. The quantitative estimate of drug-likeness (QED) is 0.762. The number of hydrogen-bond donors (Lipinski definition) is 0. The molecule has 1 aromatic rings. The van der Waals surface area contributed by atoms with Crippen molar-refractivity contribution in [2.24, 2.45) is 0 Å². The van der Waals surface area contributed by atoms with E-state index in [1.165, 1.54) is 6.07 Å². The molecule has 0 radical (unpaired) electrons. The first kappa shape index (κ1) is 12.1. The molecule has 0 bridgehead atoms. The van der Waals surface area contributed by atoms with E-state index in [1.807, 2.05) is 0 Å². The Labute approximate surface area is 99.2 Å². The Morgan fingerprint density at radius 3 is 2.17 bits per heavy atom. The van der Waals surface area contributed by atoms with Gasteiger partial charge in [0.1, 0.15) is 5.75 Å². The molecule has 0 unspecified atom stereocenters. The lowest BCUT2D eigenvalue weighted by molar-refractivity contribution is 0.0993. The van der Waals surface area contributed by atoms with Gasteiger partial charge in [0.05, 0.1) is 0 Å². The third-order valence-electron chi connectivity index (χ3n) is 2.26. The predicted octanol–water partition coefficient (Wildman–Crippen LogP) is 3.04. The minimum Gasteiger partial charge on any atom is -0.428 e. The molecule has 92 valence electrons. The summed E-state index contributed by atoms with van der Waals surface area (Å²) in [6.07, 6.45) is -0.446. The summed E-state index contributed by atoms with van der Waals surface area (Å²) in [6.45, 7) is 0. The third-order valence-corrected chi connectivity index (χ3v) is 2.26. The van der Waals surface area contributed by atoms with Crippen LogP contribution in [0.1, 0.15) is 20.7 Å². The highest BCUT2D eigenvalue weighted by atomic mass is 19.3. The summed E-state index contributed by atoms with van der Waals surface area (Å²) in [5, 5.41) is 0. The van der Waals surface area contributed by atoms with Crippen molar-refractivity contribution in [3.05, 3.63) is 53.6 Å². The number of benzene rings is 1. The number of halogens is 3. The summed E-state index contributed by atoms with van der Waals surface area (Å²) in [5.41, 5.74) is 0.118. The van der Waals surface area contributed by atoms with Crippen molar-refractivity contribution < 1.29 is 27.5 Å². The number of carbonyl (C=O) groups excluding carboxylic acids is 2. The molecule has 6 heteroatoms. The van der Waals surface area contributed by atoms with Crippen LogP contribution in [0.2, 0.25) is 0 Å².